The van der Waals surface area contributed by atoms with Crippen LogP contribution in [0.5, 0.6) is 0 Å². The van der Waals surface area contributed by atoms with Crippen molar-refractivity contribution in [1.29, 1.82) is 0 Å². The number of rotatable bonds is 8. The number of nitrogens with zero attached hydrogens (tertiary/aromatic N) is 3. The fourth-order valence-electron chi connectivity index (χ4n) is 5.61. The van der Waals surface area contributed by atoms with Gasteiger partial charge in [0.2, 0.25) is 5.91 Å². The summed E-state index contributed by atoms with van der Waals surface area (Å²) in [6.07, 6.45) is 6.76. The predicted octanol–water partition coefficient (Wildman–Crippen LogP) is 5.73. The van der Waals surface area contributed by atoms with Crippen molar-refractivity contribution >= 4 is 22.6 Å². The van der Waals surface area contributed by atoms with Crippen LogP contribution < -0.4 is 9.62 Å². The lowest BCUT2D eigenvalue weighted by Crippen LogP contribution is -2.34. The highest BCUT2D eigenvalue weighted by Crippen LogP contribution is 2.50. The van der Waals surface area contributed by atoms with Crippen LogP contribution in [0.1, 0.15) is 53.7 Å². The fraction of sp³-hybridized carbons (Fsp3) is 0.290. The van der Waals surface area contributed by atoms with E-state index in [1.165, 1.54) is 30.3 Å². The third-order valence-corrected chi connectivity index (χ3v) is 9.13. The topological polar surface area (TPSA) is 67.2 Å². The number of carbonyl (C=O) groups is 1. The number of halogens is 2. The Bertz CT molecular complexity index is 1570. The maximum atomic E-state index is 14.5. The maximum absolute atomic E-state index is 14.5. The number of imidazole rings is 1. The van der Waals surface area contributed by atoms with Gasteiger partial charge in [-0.1, -0.05) is 24.3 Å². The Labute approximate surface area is 234 Å². The first-order valence-corrected chi connectivity index (χ1v) is 14.6. The van der Waals surface area contributed by atoms with E-state index in [4.69, 9.17) is 0 Å². The molecule has 2 aliphatic carbocycles. The van der Waals surface area contributed by atoms with E-state index < -0.39 is 11.0 Å². The van der Waals surface area contributed by atoms with E-state index in [0.29, 0.717) is 16.9 Å². The van der Waals surface area contributed by atoms with E-state index in [1.807, 2.05) is 36.0 Å². The zero-order valence-corrected chi connectivity index (χ0v) is 22.9. The first kappa shape index (κ1) is 26.5. The predicted molar refractivity (Wildman–Crippen MR) is 150 cm³/mol. The van der Waals surface area contributed by atoms with Crippen molar-refractivity contribution in [2.45, 2.75) is 49.1 Å². The van der Waals surface area contributed by atoms with Crippen LogP contribution in [0.4, 0.5) is 14.5 Å². The van der Waals surface area contributed by atoms with Crippen molar-refractivity contribution < 1.29 is 17.8 Å². The first-order chi connectivity index (χ1) is 19.4. The summed E-state index contributed by atoms with van der Waals surface area (Å²) in [5.74, 6) is -0.447. The molecule has 2 aliphatic rings. The number of aryl methyl sites for hydroxylation is 2. The Morgan fingerprint density at radius 2 is 1.90 bits per heavy atom. The molecule has 0 saturated heterocycles. The van der Waals surface area contributed by atoms with Gasteiger partial charge in [0, 0.05) is 37.1 Å². The number of amides is 1. The number of carbonyl (C=O) groups excluding carboxylic acids is 1. The molecule has 3 aromatic carbocycles. The Balaban J connectivity index is 1.30. The molecule has 0 spiro atoms. The normalized spacial score (nSPS) is 20.5. The van der Waals surface area contributed by atoms with Crippen LogP contribution in [-0.4, -0.2) is 19.7 Å². The van der Waals surface area contributed by atoms with Crippen molar-refractivity contribution in [2.24, 2.45) is 13.0 Å². The molecule has 206 valence electrons. The summed E-state index contributed by atoms with van der Waals surface area (Å²) >= 11 is 0. The number of benzene rings is 3. The zero-order chi connectivity index (χ0) is 27.8. The van der Waals surface area contributed by atoms with Crippen LogP contribution in [0.2, 0.25) is 0 Å². The smallest absolute Gasteiger partial charge is 0.231 e. The van der Waals surface area contributed by atoms with Crippen LogP contribution in [0.25, 0.3) is 0 Å². The van der Waals surface area contributed by atoms with E-state index in [-0.39, 0.29) is 42.0 Å². The van der Waals surface area contributed by atoms with Gasteiger partial charge in [-0.05, 0) is 90.8 Å². The second kappa shape index (κ2) is 11.1. The van der Waals surface area contributed by atoms with Crippen LogP contribution >= 0.6 is 0 Å². The third-order valence-electron chi connectivity index (χ3n) is 7.93. The van der Waals surface area contributed by atoms with E-state index in [0.717, 1.165) is 41.9 Å². The number of anilines is 1. The van der Waals surface area contributed by atoms with E-state index in [2.05, 4.69) is 9.71 Å². The number of fused-ring (bicyclic) bond motifs is 1. The molecule has 1 fully saturated rings. The molecular formula is C31H30F2N4O2S. The highest BCUT2D eigenvalue weighted by Gasteiger charge is 2.47. The van der Waals surface area contributed by atoms with Crippen molar-refractivity contribution in [3.8, 4) is 0 Å². The van der Waals surface area contributed by atoms with Gasteiger partial charge in [0.05, 0.1) is 11.4 Å². The fourth-order valence-corrected chi connectivity index (χ4v) is 6.63. The summed E-state index contributed by atoms with van der Waals surface area (Å²) in [7, 11) is 0.367. The van der Waals surface area contributed by atoms with Crippen LogP contribution in [0, 0.1) is 17.6 Å². The van der Waals surface area contributed by atoms with Gasteiger partial charge in [0.1, 0.15) is 28.4 Å². The molecule has 4 aromatic rings. The number of nitrogens with one attached hydrogen (secondary N) is 1. The van der Waals surface area contributed by atoms with E-state index in [9.17, 15) is 17.8 Å². The van der Waals surface area contributed by atoms with Gasteiger partial charge in [0.15, 0.2) is 0 Å². The summed E-state index contributed by atoms with van der Waals surface area (Å²) in [5, 5.41) is 0. The number of hydrogen-bond acceptors (Lipinski definition) is 3. The Morgan fingerprint density at radius 3 is 2.65 bits per heavy atom. The monoisotopic (exact) mass is 560 g/mol. The lowest BCUT2D eigenvalue weighted by atomic mass is 9.87. The average molecular weight is 561 g/mol. The summed E-state index contributed by atoms with van der Waals surface area (Å²) in [4.78, 5) is 20.6. The summed E-state index contributed by atoms with van der Waals surface area (Å²) < 4.78 is 46.0. The van der Waals surface area contributed by atoms with Crippen molar-refractivity contribution in [3.63, 3.8) is 0 Å². The van der Waals surface area contributed by atoms with Crippen LogP contribution in [0.15, 0.2) is 84.0 Å². The zero-order valence-electron chi connectivity index (χ0n) is 22.1. The Kier molecular flexibility index (Phi) is 7.33. The lowest BCUT2D eigenvalue weighted by Gasteiger charge is -2.29. The molecule has 0 bridgehead atoms. The molecule has 0 aliphatic heterocycles. The largest absolute Gasteiger partial charge is 0.337 e. The standard InChI is InChI=1S/C31H30F2N4O2S/c1-36-16-15-34-30(36)19-37(31(38)27-18-26(27)24-6-2-3-7-28(24)33)22-12-9-20-5-4-8-29(25(20)17-22)35-40(39)23-13-10-21(32)11-14-23/h2-3,6-7,9-17,26-27,29,35H,4-5,8,18-19H2,1H3/t26-,27+,29?,40?/m1/s1. The molecular weight excluding hydrogens is 530 g/mol. The first-order valence-electron chi connectivity index (χ1n) is 13.5. The van der Waals surface area contributed by atoms with Gasteiger partial charge in [-0.2, -0.15) is 0 Å². The summed E-state index contributed by atoms with van der Waals surface area (Å²) in [6, 6.07) is 18.1. The van der Waals surface area contributed by atoms with Crippen LogP contribution in [0.3, 0.4) is 0 Å². The highest BCUT2D eigenvalue weighted by atomic mass is 32.2. The molecule has 2 unspecified atom stereocenters. The summed E-state index contributed by atoms with van der Waals surface area (Å²) in [5.41, 5.74) is 3.45. The van der Waals surface area contributed by atoms with Gasteiger partial charge < -0.3 is 9.47 Å². The lowest BCUT2D eigenvalue weighted by molar-refractivity contribution is -0.120. The molecule has 1 aromatic heterocycles. The second-order valence-corrected chi connectivity index (χ2v) is 11.8. The van der Waals surface area contributed by atoms with Gasteiger partial charge in [-0.15, -0.1) is 0 Å². The molecule has 1 amide bonds. The average Bonchev–Trinajstić information content (AvgIpc) is 3.65. The molecule has 1 saturated carbocycles. The van der Waals surface area contributed by atoms with Gasteiger partial charge >= 0.3 is 0 Å². The van der Waals surface area contributed by atoms with E-state index >= 15 is 0 Å². The van der Waals surface area contributed by atoms with Gasteiger partial charge in [-0.3, -0.25) is 4.79 Å². The van der Waals surface area contributed by atoms with Crippen molar-refractivity contribution in [3.05, 3.63) is 113 Å². The molecule has 9 heteroatoms. The molecule has 1 heterocycles. The van der Waals surface area contributed by atoms with Crippen molar-refractivity contribution in [1.82, 2.24) is 14.3 Å². The van der Waals surface area contributed by atoms with Gasteiger partial charge in [-0.25, -0.2) is 22.7 Å². The highest BCUT2D eigenvalue weighted by molar-refractivity contribution is 7.83. The van der Waals surface area contributed by atoms with E-state index in [1.54, 1.807) is 29.3 Å². The minimum absolute atomic E-state index is 0.0635. The minimum atomic E-state index is -1.52. The molecule has 6 nitrogen and oxygen atoms in total. The number of hydrogen-bond donors (Lipinski definition) is 1. The van der Waals surface area contributed by atoms with Crippen LogP contribution in [-0.2, 0) is 35.8 Å². The summed E-state index contributed by atoms with van der Waals surface area (Å²) in [6.45, 7) is 0.279. The van der Waals surface area contributed by atoms with Crippen molar-refractivity contribution in [2.75, 3.05) is 4.90 Å². The molecule has 1 N–H and O–H groups in total. The second-order valence-electron chi connectivity index (χ2n) is 10.5. The Hall–Kier alpha value is -3.69. The molecule has 4 atom stereocenters. The maximum Gasteiger partial charge on any atom is 0.231 e. The quantitative estimate of drug-likeness (QED) is 0.300. The number of aromatic nitrogens is 2. The SMILES string of the molecule is Cn1ccnc1CN(C(=O)[C@H]1C[C@@H]1c1ccccc1F)c1ccc2c(c1)C(NS(=O)c1ccc(F)cc1)CCC2. The van der Waals surface area contributed by atoms with Gasteiger partial charge in [0.25, 0.3) is 0 Å². The molecule has 6 rings (SSSR count). The Morgan fingerprint density at radius 1 is 1.10 bits per heavy atom. The third kappa shape index (κ3) is 5.36. The molecule has 40 heavy (non-hydrogen) atoms. The molecule has 0 radical (unpaired) electrons. The minimum Gasteiger partial charge on any atom is -0.337 e.